The highest BCUT2D eigenvalue weighted by atomic mass is 35.5. The van der Waals surface area contributed by atoms with E-state index in [1.807, 2.05) is 0 Å². The lowest BCUT2D eigenvalue weighted by Gasteiger charge is -2.18. The number of rotatable bonds is 5. The molecule has 1 aromatic rings. The Labute approximate surface area is 118 Å². The first-order valence-corrected chi connectivity index (χ1v) is 6.49. The topological polar surface area (TPSA) is 46.5 Å². The van der Waals surface area contributed by atoms with Crippen molar-refractivity contribution in [1.82, 2.24) is 0 Å². The number of carboxylic acids is 1. The monoisotopic (exact) mass is 282 g/mol. The van der Waals surface area contributed by atoms with Crippen molar-refractivity contribution in [2.24, 2.45) is 5.41 Å². The van der Waals surface area contributed by atoms with Crippen molar-refractivity contribution in [3.8, 4) is 5.75 Å². The van der Waals surface area contributed by atoms with E-state index in [0.717, 1.165) is 18.1 Å². The molecule has 0 atom stereocenters. The van der Waals surface area contributed by atoms with E-state index >= 15 is 0 Å². The molecular weight excluding hydrogens is 264 g/mol. The molecule has 0 aliphatic carbocycles. The fraction of sp³-hybridized carbons (Fsp3) is 0.400. The highest BCUT2D eigenvalue weighted by molar-refractivity contribution is 6.32. The van der Waals surface area contributed by atoms with Crippen LogP contribution in [0.1, 0.15) is 32.8 Å². The van der Waals surface area contributed by atoms with Crippen LogP contribution in [0.4, 0.5) is 0 Å². The van der Waals surface area contributed by atoms with E-state index in [1.54, 1.807) is 18.2 Å². The highest BCUT2D eigenvalue weighted by Gasteiger charge is 2.10. The Kier molecular flexibility index (Phi) is 5.43. The molecule has 3 nitrogen and oxygen atoms in total. The van der Waals surface area contributed by atoms with Crippen molar-refractivity contribution < 1.29 is 14.6 Å². The van der Waals surface area contributed by atoms with Gasteiger partial charge in [-0.2, -0.15) is 0 Å². The number of hydrogen-bond donors (Lipinski definition) is 1. The predicted octanol–water partition coefficient (Wildman–Crippen LogP) is 4.25. The molecular formula is C15H19ClO3. The molecule has 0 aromatic heterocycles. The molecule has 4 heteroatoms. The normalized spacial score (nSPS) is 11.8. The summed E-state index contributed by atoms with van der Waals surface area (Å²) in [6.07, 6.45) is 3.50. The van der Waals surface area contributed by atoms with E-state index in [4.69, 9.17) is 21.4 Å². The fourth-order valence-corrected chi connectivity index (χ4v) is 1.62. The Balaban J connectivity index is 2.65. The lowest BCUT2D eigenvalue weighted by molar-refractivity contribution is -0.131. The zero-order chi connectivity index (χ0) is 14.5. The molecule has 1 rings (SSSR count). The van der Waals surface area contributed by atoms with Crippen LogP contribution in [0.3, 0.4) is 0 Å². The van der Waals surface area contributed by atoms with Crippen molar-refractivity contribution in [2.45, 2.75) is 27.2 Å². The zero-order valence-electron chi connectivity index (χ0n) is 11.4. The summed E-state index contributed by atoms with van der Waals surface area (Å²) in [4.78, 5) is 10.4. The van der Waals surface area contributed by atoms with Crippen molar-refractivity contribution in [3.05, 3.63) is 34.9 Å². The number of benzene rings is 1. The number of halogens is 1. The smallest absolute Gasteiger partial charge is 0.328 e. The summed E-state index contributed by atoms with van der Waals surface area (Å²) in [5, 5.41) is 9.03. The molecule has 19 heavy (non-hydrogen) atoms. The Bertz CT molecular complexity index is 473. The lowest BCUT2D eigenvalue weighted by atomic mass is 9.93. The van der Waals surface area contributed by atoms with Gasteiger partial charge < -0.3 is 9.84 Å². The average molecular weight is 283 g/mol. The van der Waals surface area contributed by atoms with Gasteiger partial charge in [0.2, 0.25) is 0 Å². The van der Waals surface area contributed by atoms with Gasteiger partial charge in [-0.3, -0.25) is 0 Å². The summed E-state index contributed by atoms with van der Waals surface area (Å²) in [7, 11) is 0. The Morgan fingerprint density at radius 1 is 1.42 bits per heavy atom. The van der Waals surface area contributed by atoms with Crippen LogP contribution in [0.5, 0.6) is 5.75 Å². The van der Waals surface area contributed by atoms with E-state index < -0.39 is 5.97 Å². The predicted molar refractivity (Wildman–Crippen MR) is 77.7 cm³/mol. The molecule has 0 bridgehead atoms. The summed E-state index contributed by atoms with van der Waals surface area (Å²) < 4.78 is 5.62. The summed E-state index contributed by atoms with van der Waals surface area (Å²) in [5.41, 5.74) is 0.951. The maximum absolute atomic E-state index is 10.4. The van der Waals surface area contributed by atoms with Gasteiger partial charge in [-0.15, -0.1) is 0 Å². The molecule has 1 N–H and O–H groups in total. The standard InChI is InChI=1S/C15H19ClO3/c1-15(2,3)8-9-19-13-6-4-11(10-12(13)16)5-7-14(17)18/h4-7,10H,8-9H2,1-3H3,(H,17,18). The third kappa shape index (κ3) is 6.30. The van der Waals surface area contributed by atoms with Crippen LogP contribution in [-0.2, 0) is 4.79 Å². The third-order valence-corrected chi connectivity index (χ3v) is 2.78. The van der Waals surface area contributed by atoms with E-state index in [1.165, 1.54) is 6.08 Å². The van der Waals surface area contributed by atoms with Gasteiger partial charge in [0.05, 0.1) is 11.6 Å². The lowest BCUT2D eigenvalue weighted by Crippen LogP contribution is -2.11. The average Bonchev–Trinajstić information content (AvgIpc) is 2.27. The van der Waals surface area contributed by atoms with E-state index in [0.29, 0.717) is 17.4 Å². The van der Waals surface area contributed by atoms with Crippen LogP contribution in [-0.4, -0.2) is 17.7 Å². The van der Waals surface area contributed by atoms with Gasteiger partial charge in [-0.25, -0.2) is 4.79 Å². The third-order valence-electron chi connectivity index (χ3n) is 2.48. The van der Waals surface area contributed by atoms with Gasteiger partial charge in [0.25, 0.3) is 0 Å². The van der Waals surface area contributed by atoms with Crippen LogP contribution >= 0.6 is 11.6 Å². The van der Waals surface area contributed by atoms with Gasteiger partial charge in [-0.1, -0.05) is 38.4 Å². The number of carboxylic acid groups (broad SMARTS) is 1. The van der Waals surface area contributed by atoms with Gasteiger partial charge >= 0.3 is 5.97 Å². The minimum Gasteiger partial charge on any atom is -0.492 e. The first-order chi connectivity index (χ1) is 8.78. The molecule has 0 saturated carbocycles. The molecule has 104 valence electrons. The molecule has 0 aliphatic heterocycles. The van der Waals surface area contributed by atoms with Gasteiger partial charge in [0.15, 0.2) is 0 Å². The van der Waals surface area contributed by atoms with Crippen molar-refractivity contribution in [1.29, 1.82) is 0 Å². The minimum atomic E-state index is -0.985. The zero-order valence-corrected chi connectivity index (χ0v) is 12.2. The first-order valence-electron chi connectivity index (χ1n) is 6.11. The quantitative estimate of drug-likeness (QED) is 0.821. The van der Waals surface area contributed by atoms with E-state index in [9.17, 15) is 4.79 Å². The van der Waals surface area contributed by atoms with Crippen LogP contribution in [0.15, 0.2) is 24.3 Å². The van der Waals surface area contributed by atoms with Crippen molar-refractivity contribution >= 4 is 23.6 Å². The molecule has 0 saturated heterocycles. The maximum atomic E-state index is 10.4. The van der Waals surface area contributed by atoms with Crippen LogP contribution in [0, 0.1) is 5.41 Å². The molecule has 0 fully saturated rings. The van der Waals surface area contributed by atoms with E-state index in [2.05, 4.69) is 20.8 Å². The van der Waals surface area contributed by atoms with Crippen LogP contribution in [0.2, 0.25) is 5.02 Å². The molecule has 0 heterocycles. The summed E-state index contributed by atoms with van der Waals surface area (Å²) in [6.45, 7) is 7.06. The number of ether oxygens (including phenoxy) is 1. The van der Waals surface area contributed by atoms with Gasteiger partial charge in [-0.05, 0) is 35.6 Å². The summed E-state index contributed by atoms with van der Waals surface area (Å²) in [5.74, 6) is -0.361. The van der Waals surface area contributed by atoms with Crippen LogP contribution in [0.25, 0.3) is 6.08 Å². The fourth-order valence-electron chi connectivity index (χ4n) is 1.37. The van der Waals surface area contributed by atoms with E-state index in [-0.39, 0.29) is 5.41 Å². The Morgan fingerprint density at radius 3 is 2.63 bits per heavy atom. The molecule has 0 aliphatic rings. The molecule has 0 spiro atoms. The minimum absolute atomic E-state index is 0.219. The van der Waals surface area contributed by atoms with Crippen LogP contribution < -0.4 is 4.74 Å². The number of carbonyl (C=O) groups is 1. The van der Waals surface area contributed by atoms with Crippen molar-refractivity contribution in [2.75, 3.05) is 6.61 Å². The largest absolute Gasteiger partial charge is 0.492 e. The SMILES string of the molecule is CC(C)(C)CCOc1ccc(C=CC(=O)O)cc1Cl. The maximum Gasteiger partial charge on any atom is 0.328 e. The second-order valence-corrected chi connectivity index (χ2v) is 5.93. The Morgan fingerprint density at radius 2 is 2.11 bits per heavy atom. The number of hydrogen-bond acceptors (Lipinski definition) is 2. The second kappa shape index (κ2) is 6.62. The summed E-state index contributed by atoms with van der Waals surface area (Å²) >= 11 is 6.09. The molecule has 0 unspecified atom stereocenters. The van der Waals surface area contributed by atoms with Gasteiger partial charge in [0.1, 0.15) is 5.75 Å². The molecule has 0 radical (unpaired) electrons. The molecule has 1 aromatic carbocycles. The van der Waals surface area contributed by atoms with Gasteiger partial charge in [0, 0.05) is 6.08 Å². The highest BCUT2D eigenvalue weighted by Crippen LogP contribution is 2.27. The molecule has 0 amide bonds. The number of aliphatic carboxylic acids is 1. The summed E-state index contributed by atoms with van der Waals surface area (Å²) in [6, 6.07) is 5.22. The second-order valence-electron chi connectivity index (χ2n) is 5.52. The van der Waals surface area contributed by atoms with Crippen molar-refractivity contribution in [3.63, 3.8) is 0 Å². The first kappa shape index (κ1) is 15.6. The Hall–Kier alpha value is -1.48.